The van der Waals surface area contributed by atoms with Crippen LogP contribution in [-0.2, 0) is 17.8 Å². The maximum absolute atomic E-state index is 11.8. The van der Waals surface area contributed by atoms with Gasteiger partial charge in [0.1, 0.15) is 0 Å². The predicted octanol–water partition coefficient (Wildman–Crippen LogP) is 4.16. The van der Waals surface area contributed by atoms with E-state index >= 15 is 0 Å². The third kappa shape index (κ3) is 10.1. The maximum atomic E-state index is 11.8. The largest absolute Gasteiger partial charge is 0.356 e. The van der Waals surface area contributed by atoms with E-state index in [9.17, 15) is 4.79 Å². The number of hydrogen-bond acceptors (Lipinski definition) is 2. The summed E-state index contributed by atoms with van der Waals surface area (Å²) in [6.07, 6.45) is 8.95. The standard InChI is InChI=1S/C20H34N2O/c1-4-5-6-7-8-9-10-20(23)21-16-15-18-11-13-19(14-12-18)17-22(2)3/h11-14H,4-10,15-17H2,1-3H3,(H,21,23). The van der Waals surface area contributed by atoms with Crippen molar-refractivity contribution < 1.29 is 4.79 Å². The van der Waals surface area contributed by atoms with Crippen LogP contribution in [0.3, 0.4) is 0 Å². The van der Waals surface area contributed by atoms with Crippen molar-refractivity contribution in [2.24, 2.45) is 0 Å². The third-order valence-corrected chi connectivity index (χ3v) is 4.02. The van der Waals surface area contributed by atoms with E-state index in [0.717, 1.165) is 25.9 Å². The van der Waals surface area contributed by atoms with Gasteiger partial charge in [-0.05, 0) is 38.1 Å². The quantitative estimate of drug-likeness (QED) is 0.587. The van der Waals surface area contributed by atoms with Gasteiger partial charge in [0.2, 0.25) is 5.91 Å². The van der Waals surface area contributed by atoms with Gasteiger partial charge < -0.3 is 10.2 Å². The van der Waals surface area contributed by atoms with Crippen LogP contribution in [0, 0.1) is 0 Å². The first-order chi connectivity index (χ1) is 11.1. The van der Waals surface area contributed by atoms with E-state index in [2.05, 4.69) is 55.5 Å². The van der Waals surface area contributed by atoms with Gasteiger partial charge in [-0.2, -0.15) is 0 Å². The molecule has 0 aromatic heterocycles. The lowest BCUT2D eigenvalue weighted by Gasteiger charge is -2.10. The molecule has 0 atom stereocenters. The van der Waals surface area contributed by atoms with Crippen molar-refractivity contribution in [3.63, 3.8) is 0 Å². The molecule has 0 aliphatic rings. The topological polar surface area (TPSA) is 32.3 Å². The number of carbonyl (C=O) groups excluding carboxylic acids is 1. The number of amides is 1. The van der Waals surface area contributed by atoms with Gasteiger partial charge in [-0.3, -0.25) is 4.79 Å². The molecule has 0 bridgehead atoms. The zero-order valence-corrected chi connectivity index (χ0v) is 15.2. The van der Waals surface area contributed by atoms with E-state index in [-0.39, 0.29) is 5.91 Å². The second-order valence-corrected chi connectivity index (χ2v) is 6.67. The molecule has 0 heterocycles. The number of benzene rings is 1. The molecule has 0 saturated carbocycles. The van der Waals surface area contributed by atoms with Gasteiger partial charge in [-0.25, -0.2) is 0 Å². The van der Waals surface area contributed by atoms with Crippen LogP contribution >= 0.6 is 0 Å². The molecule has 3 heteroatoms. The molecule has 1 aromatic carbocycles. The molecule has 1 amide bonds. The lowest BCUT2D eigenvalue weighted by atomic mass is 10.1. The number of nitrogens with one attached hydrogen (secondary N) is 1. The summed E-state index contributed by atoms with van der Waals surface area (Å²) in [6, 6.07) is 8.68. The average Bonchev–Trinajstić information content (AvgIpc) is 2.52. The van der Waals surface area contributed by atoms with Crippen LogP contribution in [0.1, 0.15) is 63.0 Å². The van der Waals surface area contributed by atoms with Crippen molar-refractivity contribution in [3.05, 3.63) is 35.4 Å². The summed E-state index contributed by atoms with van der Waals surface area (Å²) < 4.78 is 0. The number of hydrogen-bond donors (Lipinski definition) is 1. The van der Waals surface area contributed by atoms with Gasteiger partial charge in [-0.15, -0.1) is 0 Å². The molecule has 130 valence electrons. The summed E-state index contributed by atoms with van der Waals surface area (Å²) in [4.78, 5) is 13.9. The Morgan fingerprint density at radius 2 is 1.57 bits per heavy atom. The Balaban J connectivity index is 2.10. The van der Waals surface area contributed by atoms with Crippen molar-refractivity contribution in [1.82, 2.24) is 10.2 Å². The molecular formula is C20H34N2O. The van der Waals surface area contributed by atoms with E-state index in [1.807, 2.05) is 0 Å². The Labute approximate surface area is 142 Å². The SMILES string of the molecule is CCCCCCCCC(=O)NCCc1ccc(CN(C)C)cc1. The first kappa shape index (κ1) is 19.7. The van der Waals surface area contributed by atoms with Crippen molar-refractivity contribution in [2.75, 3.05) is 20.6 Å². The minimum Gasteiger partial charge on any atom is -0.356 e. The van der Waals surface area contributed by atoms with Crippen LogP contribution in [-0.4, -0.2) is 31.4 Å². The highest BCUT2D eigenvalue weighted by Gasteiger charge is 2.01. The molecule has 0 aliphatic heterocycles. The van der Waals surface area contributed by atoms with Gasteiger partial charge in [0.25, 0.3) is 0 Å². The smallest absolute Gasteiger partial charge is 0.220 e. The number of carbonyl (C=O) groups is 1. The summed E-state index contributed by atoms with van der Waals surface area (Å²) in [6.45, 7) is 3.93. The van der Waals surface area contributed by atoms with Gasteiger partial charge in [0.15, 0.2) is 0 Å². The first-order valence-corrected chi connectivity index (χ1v) is 9.11. The minimum absolute atomic E-state index is 0.199. The van der Waals surface area contributed by atoms with E-state index < -0.39 is 0 Å². The molecule has 1 aromatic rings. The maximum Gasteiger partial charge on any atom is 0.220 e. The lowest BCUT2D eigenvalue weighted by molar-refractivity contribution is -0.121. The summed E-state index contributed by atoms with van der Waals surface area (Å²) in [5, 5.41) is 3.03. The molecule has 0 unspecified atom stereocenters. The van der Waals surface area contributed by atoms with Gasteiger partial charge >= 0.3 is 0 Å². The van der Waals surface area contributed by atoms with Crippen molar-refractivity contribution in [1.29, 1.82) is 0 Å². The zero-order chi connectivity index (χ0) is 16.9. The van der Waals surface area contributed by atoms with Crippen molar-refractivity contribution >= 4 is 5.91 Å². The molecule has 0 saturated heterocycles. The number of unbranched alkanes of at least 4 members (excludes halogenated alkanes) is 5. The van der Waals surface area contributed by atoms with Gasteiger partial charge in [0, 0.05) is 19.5 Å². The molecule has 3 nitrogen and oxygen atoms in total. The number of nitrogens with zero attached hydrogens (tertiary/aromatic N) is 1. The van der Waals surface area contributed by atoms with Crippen LogP contribution in [0.2, 0.25) is 0 Å². The molecule has 0 fully saturated rings. The predicted molar refractivity (Wildman–Crippen MR) is 98.5 cm³/mol. The normalized spacial score (nSPS) is 11.0. The van der Waals surface area contributed by atoms with E-state index in [0.29, 0.717) is 6.42 Å². The zero-order valence-electron chi connectivity index (χ0n) is 15.2. The lowest BCUT2D eigenvalue weighted by Crippen LogP contribution is -2.25. The van der Waals surface area contributed by atoms with Crippen LogP contribution in [0.4, 0.5) is 0 Å². The Hall–Kier alpha value is -1.35. The van der Waals surface area contributed by atoms with Gasteiger partial charge in [0.05, 0.1) is 0 Å². The van der Waals surface area contributed by atoms with Crippen LogP contribution in [0.15, 0.2) is 24.3 Å². The average molecular weight is 319 g/mol. The molecule has 1 N–H and O–H groups in total. The highest BCUT2D eigenvalue weighted by Crippen LogP contribution is 2.08. The van der Waals surface area contributed by atoms with Crippen molar-refractivity contribution in [2.45, 2.75) is 64.8 Å². The molecular weight excluding hydrogens is 284 g/mol. The van der Waals surface area contributed by atoms with Crippen LogP contribution in [0.5, 0.6) is 0 Å². The first-order valence-electron chi connectivity index (χ1n) is 9.11. The molecule has 0 spiro atoms. The Bertz CT molecular complexity index is 426. The summed E-state index contributed by atoms with van der Waals surface area (Å²) in [5.74, 6) is 0.199. The van der Waals surface area contributed by atoms with Crippen LogP contribution in [0.25, 0.3) is 0 Å². The fraction of sp³-hybridized carbons (Fsp3) is 0.650. The molecule has 0 aliphatic carbocycles. The Morgan fingerprint density at radius 1 is 0.957 bits per heavy atom. The monoisotopic (exact) mass is 318 g/mol. The molecule has 0 radical (unpaired) electrons. The van der Waals surface area contributed by atoms with E-state index in [4.69, 9.17) is 0 Å². The fourth-order valence-electron chi connectivity index (χ4n) is 2.68. The Morgan fingerprint density at radius 3 is 2.22 bits per heavy atom. The third-order valence-electron chi connectivity index (χ3n) is 4.02. The summed E-state index contributed by atoms with van der Waals surface area (Å²) in [5.41, 5.74) is 2.61. The molecule has 23 heavy (non-hydrogen) atoms. The second kappa shape index (κ2) is 12.1. The molecule has 1 rings (SSSR count). The second-order valence-electron chi connectivity index (χ2n) is 6.67. The highest BCUT2D eigenvalue weighted by molar-refractivity contribution is 5.75. The van der Waals surface area contributed by atoms with E-state index in [1.165, 1.54) is 43.2 Å². The summed E-state index contributed by atoms with van der Waals surface area (Å²) >= 11 is 0. The van der Waals surface area contributed by atoms with Gasteiger partial charge in [-0.1, -0.05) is 63.3 Å². The van der Waals surface area contributed by atoms with Crippen molar-refractivity contribution in [3.8, 4) is 0 Å². The van der Waals surface area contributed by atoms with E-state index in [1.54, 1.807) is 0 Å². The summed E-state index contributed by atoms with van der Waals surface area (Å²) in [7, 11) is 4.15. The Kier molecular flexibility index (Phi) is 10.4. The highest BCUT2D eigenvalue weighted by atomic mass is 16.1. The minimum atomic E-state index is 0.199. The number of rotatable bonds is 12. The fourth-order valence-corrected chi connectivity index (χ4v) is 2.68. The van der Waals surface area contributed by atoms with Crippen LogP contribution < -0.4 is 5.32 Å².